The van der Waals surface area contributed by atoms with Crippen LogP contribution >= 0.6 is 0 Å². The standard InChI is InChI=1S/C34H25NO6/c1-17-7-11-25(18(2)13-17)35-32(36)28-23(20-9-12-26-27(14-20)40-16-39-26)15-24-22-10-8-19-5-3-4-6-21(19)31(22)41-34(38)29(24)30(28)33(35)37/h3-15,23,28-30H,16H2,1-2H3/t23-,28-,29+,30-/m0/s1. The minimum atomic E-state index is -0.911. The summed E-state index contributed by atoms with van der Waals surface area (Å²) in [6, 6.07) is 22.9. The fourth-order valence-corrected chi connectivity index (χ4v) is 7.03. The number of rotatable bonds is 2. The SMILES string of the molecule is Cc1ccc(N2C(=O)[C@@H]3[C@@H]4C(=O)Oc5c(ccc6ccccc56)C4=C[C@@H](c4ccc5c(c4)OCO5)[C@@H]3C2=O)c(C)c1. The number of allylic oxidation sites excluding steroid dienone is 1. The smallest absolute Gasteiger partial charge is 0.319 e. The summed E-state index contributed by atoms with van der Waals surface area (Å²) < 4.78 is 17.2. The molecule has 202 valence electrons. The first-order chi connectivity index (χ1) is 19.9. The molecule has 3 heterocycles. The maximum Gasteiger partial charge on any atom is 0.319 e. The molecule has 1 saturated heterocycles. The minimum Gasteiger partial charge on any atom is -0.454 e. The van der Waals surface area contributed by atoms with E-state index >= 15 is 0 Å². The summed E-state index contributed by atoms with van der Waals surface area (Å²) in [5, 5.41) is 1.78. The quantitative estimate of drug-likeness (QED) is 0.183. The van der Waals surface area contributed by atoms with Crippen molar-refractivity contribution in [1.82, 2.24) is 0 Å². The molecule has 0 saturated carbocycles. The maximum absolute atomic E-state index is 14.3. The van der Waals surface area contributed by atoms with Gasteiger partial charge in [-0.3, -0.25) is 14.4 Å². The molecule has 4 aliphatic rings. The third-order valence-electron chi connectivity index (χ3n) is 8.86. The Hall–Kier alpha value is -4.91. The number of benzene rings is 4. The van der Waals surface area contributed by atoms with Gasteiger partial charge in [-0.25, -0.2) is 4.90 Å². The van der Waals surface area contributed by atoms with Gasteiger partial charge in [0.25, 0.3) is 0 Å². The van der Waals surface area contributed by atoms with Gasteiger partial charge < -0.3 is 14.2 Å². The average molecular weight is 544 g/mol. The molecular formula is C34H25NO6. The van der Waals surface area contributed by atoms with Crippen LogP contribution in [0.5, 0.6) is 17.2 Å². The summed E-state index contributed by atoms with van der Waals surface area (Å²) in [7, 11) is 0. The first kappa shape index (κ1) is 23.9. The highest BCUT2D eigenvalue weighted by Crippen LogP contribution is 2.56. The number of aryl methyl sites for hydroxylation is 2. The largest absolute Gasteiger partial charge is 0.454 e. The van der Waals surface area contributed by atoms with E-state index in [-0.39, 0.29) is 18.6 Å². The van der Waals surface area contributed by atoms with E-state index in [1.807, 2.05) is 92.7 Å². The van der Waals surface area contributed by atoms with Gasteiger partial charge in [0.05, 0.1) is 23.4 Å². The van der Waals surface area contributed by atoms with E-state index in [4.69, 9.17) is 14.2 Å². The Morgan fingerprint density at radius 3 is 2.46 bits per heavy atom. The van der Waals surface area contributed by atoms with Crippen LogP contribution in [0.25, 0.3) is 16.3 Å². The van der Waals surface area contributed by atoms with E-state index in [9.17, 15) is 14.4 Å². The zero-order valence-corrected chi connectivity index (χ0v) is 22.4. The third-order valence-corrected chi connectivity index (χ3v) is 8.86. The van der Waals surface area contributed by atoms with Crippen LogP contribution in [0, 0.1) is 31.6 Å². The van der Waals surface area contributed by atoms with Crippen LogP contribution in [-0.4, -0.2) is 24.6 Å². The summed E-state index contributed by atoms with van der Waals surface area (Å²) in [5.41, 5.74) is 4.70. The lowest BCUT2D eigenvalue weighted by Crippen LogP contribution is -2.42. The monoisotopic (exact) mass is 543 g/mol. The second-order valence-corrected chi connectivity index (χ2v) is 11.2. The Morgan fingerprint density at radius 2 is 1.61 bits per heavy atom. The van der Waals surface area contributed by atoms with Crippen molar-refractivity contribution in [3.05, 3.63) is 101 Å². The van der Waals surface area contributed by atoms with Crippen LogP contribution in [0.4, 0.5) is 5.69 Å². The molecule has 0 bridgehead atoms. The van der Waals surface area contributed by atoms with E-state index in [1.54, 1.807) is 0 Å². The molecule has 0 radical (unpaired) electrons. The number of carbonyl (C=O) groups is 3. The number of anilines is 1. The van der Waals surface area contributed by atoms with Crippen molar-refractivity contribution >= 4 is 39.8 Å². The molecule has 1 fully saturated rings. The minimum absolute atomic E-state index is 0.128. The number of amides is 2. The van der Waals surface area contributed by atoms with E-state index in [2.05, 4.69) is 0 Å². The second kappa shape index (κ2) is 8.54. The fraction of sp³-hybridized carbons (Fsp3) is 0.206. The molecule has 2 amide bonds. The lowest BCUT2D eigenvalue weighted by atomic mass is 9.64. The summed E-state index contributed by atoms with van der Waals surface area (Å²) in [5.74, 6) is -2.56. The van der Waals surface area contributed by atoms with E-state index in [1.165, 1.54) is 4.90 Å². The number of hydrogen-bond acceptors (Lipinski definition) is 6. The molecule has 7 nitrogen and oxygen atoms in total. The van der Waals surface area contributed by atoms with Gasteiger partial charge >= 0.3 is 5.97 Å². The molecule has 3 aliphatic heterocycles. The van der Waals surface area contributed by atoms with Crippen molar-refractivity contribution in [1.29, 1.82) is 0 Å². The van der Waals surface area contributed by atoms with Gasteiger partial charge in [-0.1, -0.05) is 66.2 Å². The number of esters is 1. The zero-order chi connectivity index (χ0) is 28.0. The highest BCUT2D eigenvalue weighted by Gasteiger charge is 2.60. The number of fused-ring (bicyclic) bond motifs is 8. The first-order valence-corrected chi connectivity index (χ1v) is 13.7. The van der Waals surface area contributed by atoms with Gasteiger partial charge in [0.2, 0.25) is 18.6 Å². The van der Waals surface area contributed by atoms with Gasteiger partial charge in [-0.2, -0.15) is 0 Å². The van der Waals surface area contributed by atoms with Crippen LogP contribution in [-0.2, 0) is 14.4 Å². The number of imide groups is 1. The summed E-state index contributed by atoms with van der Waals surface area (Å²) in [6.45, 7) is 3.98. The van der Waals surface area contributed by atoms with Gasteiger partial charge in [0, 0.05) is 16.9 Å². The van der Waals surface area contributed by atoms with Gasteiger partial charge in [-0.15, -0.1) is 0 Å². The number of ether oxygens (including phenoxy) is 3. The number of carbonyl (C=O) groups excluding carboxylic acids is 3. The van der Waals surface area contributed by atoms with Crippen molar-refractivity contribution in [3.63, 3.8) is 0 Å². The van der Waals surface area contributed by atoms with Crippen LogP contribution in [0.15, 0.2) is 78.9 Å². The van der Waals surface area contributed by atoms with Crippen molar-refractivity contribution in [3.8, 4) is 17.2 Å². The van der Waals surface area contributed by atoms with Crippen LogP contribution < -0.4 is 19.1 Å². The summed E-state index contributed by atoms with van der Waals surface area (Å²) in [6.07, 6.45) is 1.99. The second-order valence-electron chi connectivity index (χ2n) is 11.2. The van der Waals surface area contributed by atoms with E-state index in [0.717, 1.165) is 38.6 Å². The topological polar surface area (TPSA) is 82.1 Å². The zero-order valence-electron chi connectivity index (χ0n) is 22.4. The molecule has 4 aromatic carbocycles. The lowest BCUT2D eigenvalue weighted by Gasteiger charge is -2.38. The lowest BCUT2D eigenvalue weighted by molar-refractivity contribution is -0.142. The Bertz CT molecular complexity index is 1870. The average Bonchev–Trinajstić information content (AvgIpc) is 3.54. The number of nitrogens with zero attached hydrogens (tertiary/aromatic N) is 1. The fourth-order valence-electron chi connectivity index (χ4n) is 7.03. The molecule has 0 spiro atoms. The van der Waals surface area contributed by atoms with Crippen molar-refractivity contribution in [2.45, 2.75) is 19.8 Å². The third kappa shape index (κ3) is 3.35. The molecular weight excluding hydrogens is 518 g/mol. The maximum atomic E-state index is 14.3. The Kier molecular flexibility index (Phi) is 4.99. The molecule has 4 atom stereocenters. The van der Waals surface area contributed by atoms with Crippen molar-refractivity contribution in [2.75, 3.05) is 11.7 Å². The normalized spacial score (nSPS) is 24.1. The molecule has 7 heteroatoms. The predicted octanol–water partition coefficient (Wildman–Crippen LogP) is 5.71. The molecule has 1 aliphatic carbocycles. The highest BCUT2D eigenvalue weighted by molar-refractivity contribution is 6.25. The molecule has 0 unspecified atom stereocenters. The predicted molar refractivity (Wildman–Crippen MR) is 152 cm³/mol. The molecule has 8 rings (SSSR count). The Balaban J connectivity index is 1.34. The van der Waals surface area contributed by atoms with Gasteiger partial charge in [0.15, 0.2) is 11.5 Å². The number of hydrogen-bond donors (Lipinski definition) is 0. The van der Waals surface area contributed by atoms with Gasteiger partial charge in [0.1, 0.15) is 5.75 Å². The van der Waals surface area contributed by atoms with E-state index < -0.39 is 29.6 Å². The Labute approximate surface area is 235 Å². The highest BCUT2D eigenvalue weighted by atomic mass is 16.7. The van der Waals surface area contributed by atoms with Crippen molar-refractivity contribution in [2.24, 2.45) is 17.8 Å². The molecule has 41 heavy (non-hydrogen) atoms. The summed E-state index contributed by atoms with van der Waals surface area (Å²) in [4.78, 5) is 43.7. The molecule has 4 aromatic rings. The van der Waals surface area contributed by atoms with Crippen LogP contribution in [0.2, 0.25) is 0 Å². The Morgan fingerprint density at radius 1 is 0.805 bits per heavy atom. The van der Waals surface area contributed by atoms with Crippen LogP contribution in [0.1, 0.15) is 28.2 Å². The molecule has 0 aromatic heterocycles. The summed E-state index contributed by atoms with van der Waals surface area (Å²) >= 11 is 0. The molecule has 0 N–H and O–H groups in total. The van der Waals surface area contributed by atoms with Crippen LogP contribution in [0.3, 0.4) is 0 Å². The van der Waals surface area contributed by atoms with E-state index in [0.29, 0.717) is 22.9 Å². The van der Waals surface area contributed by atoms with Crippen molar-refractivity contribution < 1.29 is 28.6 Å². The first-order valence-electron chi connectivity index (χ1n) is 13.7. The van der Waals surface area contributed by atoms with Gasteiger partial charge in [-0.05, 0) is 54.1 Å².